The van der Waals surface area contributed by atoms with E-state index in [0.717, 1.165) is 28.7 Å². The molecule has 1 N–H and O–H groups in total. The predicted molar refractivity (Wildman–Crippen MR) is 147 cm³/mol. The Morgan fingerprint density at radius 1 is 0.750 bits per heavy atom. The number of hydrogen-bond donors (Lipinski definition) is 1. The van der Waals surface area contributed by atoms with Gasteiger partial charge in [-0.2, -0.15) is 0 Å². The van der Waals surface area contributed by atoms with Crippen molar-refractivity contribution in [2.45, 2.75) is 30.9 Å². The maximum atomic E-state index is 10.6. The number of halogens is 1. The molecule has 5 aromatic rings. The lowest BCUT2D eigenvalue weighted by Gasteiger charge is -2.37. The molecule has 0 aliphatic carbocycles. The number of hydrogen-bond acceptors (Lipinski definition) is 3. The van der Waals surface area contributed by atoms with Crippen molar-refractivity contribution < 1.29 is 5.11 Å². The summed E-state index contributed by atoms with van der Waals surface area (Å²) in [6, 6.07) is 35.6. The maximum absolute atomic E-state index is 10.6. The number of aryl methyl sites for hydroxylation is 1. The summed E-state index contributed by atoms with van der Waals surface area (Å²) in [5.74, 6) is 0. The van der Waals surface area contributed by atoms with E-state index in [-0.39, 0.29) is 0 Å². The van der Waals surface area contributed by atoms with E-state index < -0.39 is 11.6 Å². The summed E-state index contributed by atoms with van der Waals surface area (Å²) in [6.07, 6.45) is 7.53. The molecule has 1 atom stereocenters. The highest BCUT2D eigenvalue weighted by molar-refractivity contribution is 9.10. The van der Waals surface area contributed by atoms with Gasteiger partial charge in [0.05, 0.1) is 18.1 Å². The quantitative estimate of drug-likeness (QED) is 0.163. The Morgan fingerprint density at radius 3 is 1.81 bits per heavy atom. The molecule has 0 aliphatic rings. The summed E-state index contributed by atoms with van der Waals surface area (Å²) in [4.78, 5) is 9.03. The number of aromatic nitrogens is 3. The van der Waals surface area contributed by atoms with Gasteiger partial charge in [0, 0.05) is 12.4 Å². The SMILES string of the molecule is OC(CCCc1cn(C(c2ccccc2)(c2ccccc2)c2ccccc2)cn1)c1ccc(Br)nc1. The molecule has 4 nitrogen and oxygen atoms in total. The van der Waals surface area contributed by atoms with Crippen molar-refractivity contribution in [2.75, 3.05) is 0 Å². The van der Waals surface area contributed by atoms with Crippen molar-refractivity contribution in [3.05, 3.63) is 154 Å². The average Bonchev–Trinajstić information content (AvgIpc) is 3.40. The fourth-order valence-corrected chi connectivity index (χ4v) is 5.12. The Hall–Kier alpha value is -3.54. The van der Waals surface area contributed by atoms with Crippen LogP contribution in [0.25, 0.3) is 0 Å². The third-order valence-corrected chi connectivity index (χ3v) is 7.11. The van der Waals surface area contributed by atoms with Gasteiger partial charge in [-0.25, -0.2) is 9.97 Å². The molecule has 5 rings (SSSR count). The summed E-state index contributed by atoms with van der Waals surface area (Å²) in [5, 5.41) is 10.6. The number of rotatable bonds is 9. The van der Waals surface area contributed by atoms with Crippen molar-refractivity contribution in [2.24, 2.45) is 0 Å². The molecule has 0 saturated carbocycles. The van der Waals surface area contributed by atoms with Gasteiger partial charge in [0.15, 0.2) is 0 Å². The minimum absolute atomic E-state index is 0.537. The smallest absolute Gasteiger partial charge is 0.121 e. The minimum Gasteiger partial charge on any atom is -0.388 e. The standard InChI is InChI=1S/C31H28BrN3O/c32-30-20-19-24(21-33-30)29(36)18-10-17-28-22-35(23-34-28)31(25-11-4-1-5-12-25,26-13-6-2-7-14-26)27-15-8-3-9-16-27/h1-9,11-16,19-23,29,36H,10,17-18H2. The molecule has 0 fully saturated rings. The largest absolute Gasteiger partial charge is 0.388 e. The van der Waals surface area contributed by atoms with Gasteiger partial charge in [0.25, 0.3) is 0 Å². The number of imidazole rings is 1. The van der Waals surface area contributed by atoms with E-state index in [1.807, 2.05) is 18.5 Å². The number of benzene rings is 3. The second-order valence-electron chi connectivity index (χ2n) is 8.90. The van der Waals surface area contributed by atoms with E-state index in [2.05, 4.69) is 123 Å². The first-order chi connectivity index (χ1) is 17.7. The number of pyridine rings is 1. The zero-order chi connectivity index (χ0) is 24.8. The second-order valence-corrected chi connectivity index (χ2v) is 9.72. The molecule has 0 radical (unpaired) electrons. The van der Waals surface area contributed by atoms with Gasteiger partial charge in [-0.3, -0.25) is 0 Å². The molecule has 5 heteroatoms. The van der Waals surface area contributed by atoms with Crippen LogP contribution in [0.1, 0.15) is 46.9 Å². The van der Waals surface area contributed by atoms with Gasteiger partial charge < -0.3 is 9.67 Å². The van der Waals surface area contributed by atoms with Crippen molar-refractivity contribution >= 4 is 15.9 Å². The minimum atomic E-state index is -0.558. The van der Waals surface area contributed by atoms with Gasteiger partial charge in [0.2, 0.25) is 0 Å². The lowest BCUT2D eigenvalue weighted by Crippen LogP contribution is -2.36. The maximum Gasteiger partial charge on any atom is 0.121 e. The molecule has 0 saturated heterocycles. The van der Waals surface area contributed by atoms with Crippen molar-refractivity contribution in [3.63, 3.8) is 0 Å². The number of aliphatic hydroxyl groups is 1. The lowest BCUT2D eigenvalue weighted by molar-refractivity contribution is 0.164. The topological polar surface area (TPSA) is 50.9 Å². The van der Waals surface area contributed by atoms with E-state index >= 15 is 0 Å². The molecule has 2 heterocycles. The monoisotopic (exact) mass is 537 g/mol. The normalized spacial score (nSPS) is 12.4. The molecule has 3 aromatic carbocycles. The number of nitrogens with zero attached hydrogens (tertiary/aromatic N) is 3. The highest BCUT2D eigenvalue weighted by Gasteiger charge is 2.38. The van der Waals surface area contributed by atoms with Crippen LogP contribution in [0.2, 0.25) is 0 Å². The van der Waals surface area contributed by atoms with Gasteiger partial charge in [-0.05, 0) is 63.5 Å². The van der Waals surface area contributed by atoms with Gasteiger partial charge in [0.1, 0.15) is 10.1 Å². The average molecular weight is 538 g/mol. The highest BCUT2D eigenvalue weighted by Crippen LogP contribution is 2.40. The molecule has 0 spiro atoms. The first-order valence-corrected chi connectivity index (χ1v) is 13.0. The van der Waals surface area contributed by atoms with Crippen molar-refractivity contribution in [1.29, 1.82) is 0 Å². The molecule has 0 amide bonds. The van der Waals surface area contributed by atoms with Crippen LogP contribution >= 0.6 is 15.9 Å². The Balaban J connectivity index is 1.47. The third-order valence-electron chi connectivity index (χ3n) is 6.64. The van der Waals surface area contributed by atoms with E-state index in [0.29, 0.717) is 6.42 Å². The van der Waals surface area contributed by atoms with Crippen LogP contribution in [0.15, 0.2) is 126 Å². The number of aliphatic hydroxyl groups excluding tert-OH is 1. The molecule has 180 valence electrons. The second kappa shape index (κ2) is 11.0. The molecular formula is C31H28BrN3O. The summed E-state index contributed by atoms with van der Waals surface area (Å²) in [5.41, 5.74) is 4.79. The Morgan fingerprint density at radius 2 is 1.31 bits per heavy atom. The first-order valence-electron chi connectivity index (χ1n) is 12.2. The van der Waals surface area contributed by atoms with E-state index in [4.69, 9.17) is 4.98 Å². The molecular weight excluding hydrogens is 510 g/mol. The summed E-state index contributed by atoms with van der Waals surface area (Å²) >= 11 is 3.34. The summed E-state index contributed by atoms with van der Waals surface area (Å²) < 4.78 is 3.00. The van der Waals surface area contributed by atoms with Crippen LogP contribution in [0.5, 0.6) is 0 Å². The molecule has 1 unspecified atom stereocenters. The van der Waals surface area contributed by atoms with E-state index in [1.165, 1.54) is 16.7 Å². The Kier molecular flexibility index (Phi) is 7.40. The van der Waals surface area contributed by atoms with E-state index in [9.17, 15) is 5.11 Å². The molecule has 2 aromatic heterocycles. The van der Waals surface area contributed by atoms with Crippen molar-refractivity contribution in [1.82, 2.24) is 14.5 Å². The summed E-state index contributed by atoms with van der Waals surface area (Å²) in [7, 11) is 0. The molecule has 0 bridgehead atoms. The van der Waals surface area contributed by atoms with Crippen LogP contribution in [-0.4, -0.2) is 19.6 Å². The van der Waals surface area contributed by atoms with Crippen LogP contribution in [-0.2, 0) is 12.0 Å². The molecule has 36 heavy (non-hydrogen) atoms. The third kappa shape index (κ3) is 4.90. The fraction of sp³-hybridized carbons (Fsp3) is 0.161. The Bertz CT molecular complexity index is 1270. The van der Waals surface area contributed by atoms with Gasteiger partial charge in [-0.15, -0.1) is 0 Å². The van der Waals surface area contributed by atoms with Crippen LogP contribution in [0, 0.1) is 0 Å². The lowest BCUT2D eigenvalue weighted by atomic mass is 9.77. The van der Waals surface area contributed by atoms with Crippen LogP contribution < -0.4 is 0 Å². The highest BCUT2D eigenvalue weighted by atomic mass is 79.9. The zero-order valence-electron chi connectivity index (χ0n) is 19.9. The van der Waals surface area contributed by atoms with Crippen LogP contribution in [0.3, 0.4) is 0 Å². The van der Waals surface area contributed by atoms with Crippen LogP contribution in [0.4, 0.5) is 0 Å². The predicted octanol–water partition coefficient (Wildman–Crippen LogP) is 6.94. The fourth-order valence-electron chi connectivity index (χ4n) is 4.89. The Labute approximate surface area is 220 Å². The van der Waals surface area contributed by atoms with Gasteiger partial charge in [-0.1, -0.05) is 97.1 Å². The first kappa shape index (κ1) is 24.2. The summed E-state index contributed by atoms with van der Waals surface area (Å²) in [6.45, 7) is 0. The zero-order valence-corrected chi connectivity index (χ0v) is 21.5. The van der Waals surface area contributed by atoms with E-state index in [1.54, 1.807) is 6.20 Å². The van der Waals surface area contributed by atoms with Crippen molar-refractivity contribution in [3.8, 4) is 0 Å². The van der Waals surface area contributed by atoms with Gasteiger partial charge >= 0.3 is 0 Å². The molecule has 0 aliphatic heterocycles.